The second-order valence-corrected chi connectivity index (χ2v) is 4.54. The van der Waals surface area contributed by atoms with E-state index < -0.39 is 4.92 Å². The van der Waals surface area contributed by atoms with E-state index in [1.165, 1.54) is 4.68 Å². The first kappa shape index (κ1) is 13.9. The van der Waals surface area contributed by atoms with Gasteiger partial charge in [0.2, 0.25) is 5.82 Å². The average Bonchev–Trinajstić information content (AvgIpc) is 2.64. The van der Waals surface area contributed by atoms with Crippen LogP contribution in [0.1, 0.15) is 16.8 Å². The first-order valence-corrected chi connectivity index (χ1v) is 6.04. The van der Waals surface area contributed by atoms with Gasteiger partial charge in [-0.05, 0) is 31.0 Å². The summed E-state index contributed by atoms with van der Waals surface area (Å²) in [6, 6.07) is 5.68. The van der Waals surface area contributed by atoms with Crippen molar-refractivity contribution < 1.29 is 9.66 Å². The molecule has 7 nitrogen and oxygen atoms in total. The number of nitrogen functional groups attached to an aromatic ring is 1. The van der Waals surface area contributed by atoms with E-state index in [4.69, 9.17) is 10.5 Å². The summed E-state index contributed by atoms with van der Waals surface area (Å²) in [6.45, 7) is 3.89. The van der Waals surface area contributed by atoms with Gasteiger partial charge in [-0.2, -0.15) is 5.10 Å². The Morgan fingerprint density at radius 2 is 2.15 bits per heavy atom. The van der Waals surface area contributed by atoms with Crippen molar-refractivity contribution in [3.05, 3.63) is 45.1 Å². The third-order valence-corrected chi connectivity index (χ3v) is 3.11. The van der Waals surface area contributed by atoms with Gasteiger partial charge in [0.1, 0.15) is 11.4 Å². The maximum absolute atomic E-state index is 10.9. The van der Waals surface area contributed by atoms with Crippen molar-refractivity contribution in [2.75, 3.05) is 12.8 Å². The molecule has 1 heterocycles. The Kier molecular flexibility index (Phi) is 3.60. The molecule has 106 valence electrons. The Balaban J connectivity index is 2.33. The van der Waals surface area contributed by atoms with Crippen molar-refractivity contribution in [2.24, 2.45) is 0 Å². The Morgan fingerprint density at radius 1 is 1.45 bits per heavy atom. The molecular weight excluding hydrogens is 260 g/mol. The predicted octanol–water partition coefficient (Wildman–Crippen LogP) is 2.05. The van der Waals surface area contributed by atoms with Gasteiger partial charge in [0.05, 0.1) is 18.6 Å². The van der Waals surface area contributed by atoms with Crippen LogP contribution in [0.25, 0.3) is 0 Å². The van der Waals surface area contributed by atoms with Crippen molar-refractivity contribution in [3.8, 4) is 5.75 Å². The highest BCUT2D eigenvalue weighted by molar-refractivity contribution is 5.56. The zero-order valence-corrected chi connectivity index (χ0v) is 11.6. The molecule has 2 aromatic rings. The molecule has 2 rings (SSSR count). The second-order valence-electron chi connectivity index (χ2n) is 4.54. The summed E-state index contributed by atoms with van der Waals surface area (Å²) in [5.41, 5.74) is 7.91. The van der Waals surface area contributed by atoms with E-state index >= 15 is 0 Å². The first-order valence-electron chi connectivity index (χ1n) is 6.04. The molecule has 0 aliphatic heterocycles. The third kappa shape index (κ3) is 2.42. The number of hydrogen-bond acceptors (Lipinski definition) is 5. The van der Waals surface area contributed by atoms with E-state index in [1.54, 1.807) is 14.0 Å². The molecule has 0 unspecified atom stereocenters. The second kappa shape index (κ2) is 5.20. The van der Waals surface area contributed by atoms with E-state index in [2.05, 4.69) is 5.10 Å². The molecule has 0 aliphatic rings. The number of hydrogen-bond donors (Lipinski definition) is 1. The molecule has 0 radical (unpaired) electrons. The molecule has 0 aliphatic carbocycles. The molecule has 0 fully saturated rings. The van der Waals surface area contributed by atoms with Gasteiger partial charge < -0.3 is 10.5 Å². The molecule has 0 saturated carbocycles. The van der Waals surface area contributed by atoms with Crippen LogP contribution in [0.4, 0.5) is 11.5 Å². The first-order chi connectivity index (χ1) is 9.43. The molecule has 0 atom stereocenters. The minimum atomic E-state index is -0.507. The van der Waals surface area contributed by atoms with Crippen LogP contribution in [0.3, 0.4) is 0 Å². The Hall–Kier alpha value is -2.57. The molecule has 0 bridgehead atoms. The van der Waals surface area contributed by atoms with Crippen molar-refractivity contribution in [2.45, 2.75) is 20.4 Å². The number of methoxy groups -OCH3 is 1. The highest BCUT2D eigenvalue weighted by Gasteiger charge is 2.22. The highest BCUT2D eigenvalue weighted by atomic mass is 16.6. The molecular formula is C13H16N4O3. The smallest absolute Gasteiger partial charge is 0.333 e. The minimum Gasteiger partial charge on any atom is -0.496 e. The van der Waals surface area contributed by atoms with Crippen LogP contribution < -0.4 is 10.5 Å². The molecule has 0 saturated heterocycles. The zero-order chi connectivity index (χ0) is 14.9. The van der Waals surface area contributed by atoms with Gasteiger partial charge in [0, 0.05) is 0 Å². The summed E-state index contributed by atoms with van der Waals surface area (Å²) in [4.78, 5) is 10.4. The number of ether oxygens (including phenoxy) is 1. The summed E-state index contributed by atoms with van der Waals surface area (Å²) in [5.74, 6) is 0.866. The number of nitro groups is 1. The summed E-state index contributed by atoms with van der Waals surface area (Å²) >= 11 is 0. The van der Waals surface area contributed by atoms with Crippen molar-refractivity contribution in [3.63, 3.8) is 0 Å². The number of rotatable bonds is 4. The fourth-order valence-electron chi connectivity index (χ4n) is 2.15. The van der Waals surface area contributed by atoms with Crippen LogP contribution in [-0.4, -0.2) is 21.8 Å². The van der Waals surface area contributed by atoms with Crippen LogP contribution in [0.5, 0.6) is 5.75 Å². The number of nitrogens with zero attached hydrogens (tertiary/aromatic N) is 3. The fourth-order valence-corrected chi connectivity index (χ4v) is 2.15. The molecule has 0 spiro atoms. The van der Waals surface area contributed by atoms with E-state index in [9.17, 15) is 10.1 Å². The summed E-state index contributed by atoms with van der Waals surface area (Å²) < 4.78 is 6.63. The molecule has 7 heteroatoms. The lowest BCUT2D eigenvalue weighted by Crippen LogP contribution is -2.07. The quantitative estimate of drug-likeness (QED) is 0.681. The summed E-state index contributed by atoms with van der Waals surface area (Å²) in [5, 5.41) is 15.0. The van der Waals surface area contributed by atoms with E-state index in [0.29, 0.717) is 12.2 Å². The van der Waals surface area contributed by atoms with Gasteiger partial charge in [-0.3, -0.25) is 10.1 Å². The lowest BCUT2D eigenvalue weighted by atomic mass is 10.1. The molecule has 0 amide bonds. The largest absolute Gasteiger partial charge is 0.496 e. The number of anilines is 1. The Morgan fingerprint density at radius 3 is 2.65 bits per heavy atom. The van der Waals surface area contributed by atoms with E-state index in [1.807, 2.05) is 25.1 Å². The van der Waals surface area contributed by atoms with Gasteiger partial charge in [-0.25, -0.2) is 4.68 Å². The Labute approximate surface area is 116 Å². The number of nitrogens with two attached hydrogens (primary N) is 1. The lowest BCUT2D eigenvalue weighted by Gasteiger charge is -2.08. The van der Waals surface area contributed by atoms with Crippen molar-refractivity contribution in [1.29, 1.82) is 0 Å². The molecule has 1 aromatic heterocycles. The minimum absolute atomic E-state index is 0.0703. The van der Waals surface area contributed by atoms with E-state index in [0.717, 1.165) is 16.9 Å². The molecule has 20 heavy (non-hydrogen) atoms. The van der Waals surface area contributed by atoms with Crippen LogP contribution in [-0.2, 0) is 6.54 Å². The highest BCUT2D eigenvalue weighted by Crippen LogP contribution is 2.26. The Bertz CT molecular complexity index is 664. The standard InChI is InChI=1S/C13H16N4O3/c1-8-6-10(4-5-11(8)20-3)7-16-13(14)12(17(18)19)9(2)15-16/h4-6H,7,14H2,1-3H3. The number of aromatic nitrogens is 2. The zero-order valence-electron chi connectivity index (χ0n) is 11.6. The maximum atomic E-state index is 10.9. The maximum Gasteiger partial charge on any atom is 0.333 e. The monoisotopic (exact) mass is 276 g/mol. The molecule has 1 aromatic carbocycles. The van der Waals surface area contributed by atoms with E-state index in [-0.39, 0.29) is 11.5 Å². The topological polar surface area (TPSA) is 96.2 Å². The third-order valence-electron chi connectivity index (χ3n) is 3.11. The van der Waals surface area contributed by atoms with Gasteiger partial charge in [0.15, 0.2) is 0 Å². The van der Waals surface area contributed by atoms with Gasteiger partial charge in [0.25, 0.3) is 0 Å². The summed E-state index contributed by atoms with van der Waals surface area (Å²) in [7, 11) is 1.61. The molecule has 2 N–H and O–H groups in total. The lowest BCUT2D eigenvalue weighted by molar-refractivity contribution is -0.384. The van der Waals surface area contributed by atoms with Crippen LogP contribution in [0, 0.1) is 24.0 Å². The average molecular weight is 276 g/mol. The number of aryl methyl sites for hydroxylation is 2. The van der Waals surface area contributed by atoms with Gasteiger partial charge in [-0.1, -0.05) is 12.1 Å². The SMILES string of the molecule is COc1ccc(Cn2nc(C)c([N+](=O)[O-])c2N)cc1C. The van der Waals surface area contributed by atoms with Crippen LogP contribution in [0.2, 0.25) is 0 Å². The fraction of sp³-hybridized carbons (Fsp3) is 0.308. The number of benzene rings is 1. The predicted molar refractivity (Wildman–Crippen MR) is 74.9 cm³/mol. The van der Waals surface area contributed by atoms with Gasteiger partial charge >= 0.3 is 5.69 Å². The van der Waals surface area contributed by atoms with Crippen molar-refractivity contribution in [1.82, 2.24) is 9.78 Å². The van der Waals surface area contributed by atoms with Crippen LogP contribution in [0.15, 0.2) is 18.2 Å². The van der Waals surface area contributed by atoms with Crippen LogP contribution >= 0.6 is 0 Å². The van der Waals surface area contributed by atoms with Crippen molar-refractivity contribution >= 4 is 11.5 Å². The normalized spacial score (nSPS) is 10.6. The summed E-state index contributed by atoms with van der Waals surface area (Å²) in [6.07, 6.45) is 0. The van der Waals surface area contributed by atoms with Gasteiger partial charge in [-0.15, -0.1) is 0 Å².